The zero-order chi connectivity index (χ0) is 20.1. The Kier molecular flexibility index (Phi) is 5.70. The van der Waals surface area contributed by atoms with Gasteiger partial charge in [-0.2, -0.15) is 5.10 Å². The summed E-state index contributed by atoms with van der Waals surface area (Å²) in [5.41, 5.74) is 3.93. The van der Waals surface area contributed by atoms with Crippen molar-refractivity contribution in [2.45, 2.75) is 5.75 Å². The van der Waals surface area contributed by atoms with Crippen LogP contribution < -0.4 is 5.32 Å². The van der Waals surface area contributed by atoms with E-state index in [0.717, 1.165) is 16.7 Å². The van der Waals surface area contributed by atoms with Crippen LogP contribution in [0.15, 0.2) is 61.2 Å². The molecule has 0 bridgehead atoms. The molecule has 1 amide bonds. The number of hydrogen-bond acceptors (Lipinski definition) is 5. The van der Waals surface area contributed by atoms with Crippen molar-refractivity contribution in [3.05, 3.63) is 72.3 Å². The van der Waals surface area contributed by atoms with Crippen molar-refractivity contribution in [1.82, 2.24) is 14.8 Å². The Morgan fingerprint density at radius 3 is 2.57 bits per heavy atom. The molecule has 28 heavy (non-hydrogen) atoms. The number of carbonyl (C=O) groups excluding carboxylic acids is 1. The lowest BCUT2D eigenvalue weighted by molar-refractivity contribution is -0.111. The highest BCUT2D eigenvalue weighted by Crippen LogP contribution is 2.23. The first-order chi connectivity index (χ1) is 13.3. The molecule has 0 spiro atoms. The van der Waals surface area contributed by atoms with Gasteiger partial charge in [0.25, 0.3) is 0 Å². The Morgan fingerprint density at radius 2 is 1.93 bits per heavy atom. The topological polar surface area (TPSA) is 94.0 Å². The highest BCUT2D eigenvalue weighted by Gasteiger charge is 2.07. The van der Waals surface area contributed by atoms with Gasteiger partial charge in [0.1, 0.15) is 0 Å². The number of carbonyl (C=O) groups is 1. The van der Waals surface area contributed by atoms with Crippen LogP contribution in [0.25, 0.3) is 17.2 Å². The molecule has 0 atom stereocenters. The van der Waals surface area contributed by atoms with E-state index in [2.05, 4.69) is 15.4 Å². The molecular weight excluding hydrogens is 376 g/mol. The van der Waals surface area contributed by atoms with Gasteiger partial charge in [0.2, 0.25) is 5.91 Å². The summed E-state index contributed by atoms with van der Waals surface area (Å²) in [6.45, 7) is 0. The Hall–Kier alpha value is -3.26. The summed E-state index contributed by atoms with van der Waals surface area (Å²) in [5, 5.41) is 6.92. The number of sulfone groups is 1. The molecule has 0 aliphatic heterocycles. The molecule has 0 saturated carbocycles. The van der Waals surface area contributed by atoms with Crippen LogP contribution in [0.3, 0.4) is 0 Å². The van der Waals surface area contributed by atoms with Crippen LogP contribution in [0.5, 0.6) is 0 Å². The van der Waals surface area contributed by atoms with Crippen molar-refractivity contribution >= 4 is 27.5 Å². The van der Waals surface area contributed by atoms with Gasteiger partial charge in [-0.3, -0.25) is 14.5 Å². The van der Waals surface area contributed by atoms with E-state index in [9.17, 15) is 13.2 Å². The fraction of sp³-hybridized carbons (Fsp3) is 0.150. The summed E-state index contributed by atoms with van der Waals surface area (Å²) in [7, 11) is -1.25. The lowest BCUT2D eigenvalue weighted by atomic mass is 10.0. The van der Waals surface area contributed by atoms with E-state index < -0.39 is 9.84 Å². The predicted octanol–water partition coefficient (Wildman–Crippen LogP) is 2.68. The third-order valence-electron chi connectivity index (χ3n) is 3.93. The summed E-state index contributed by atoms with van der Waals surface area (Å²) in [6.07, 6.45) is 11.3. The largest absolute Gasteiger partial charge is 0.323 e. The van der Waals surface area contributed by atoms with Gasteiger partial charge in [0.05, 0.1) is 11.9 Å². The highest BCUT2D eigenvalue weighted by molar-refractivity contribution is 7.89. The normalized spacial score (nSPS) is 11.6. The Bertz CT molecular complexity index is 1120. The number of benzene rings is 1. The zero-order valence-electron chi connectivity index (χ0n) is 15.5. The number of nitrogens with one attached hydrogen (secondary N) is 1. The molecule has 7 nitrogen and oxygen atoms in total. The van der Waals surface area contributed by atoms with Crippen molar-refractivity contribution in [3.63, 3.8) is 0 Å². The number of aromatic nitrogens is 3. The van der Waals surface area contributed by atoms with Crippen LogP contribution in [0.4, 0.5) is 5.69 Å². The van der Waals surface area contributed by atoms with Gasteiger partial charge >= 0.3 is 0 Å². The number of amides is 1. The molecule has 0 saturated heterocycles. The number of nitrogens with zero attached hydrogens (tertiary/aromatic N) is 3. The predicted molar refractivity (Wildman–Crippen MR) is 109 cm³/mol. The highest BCUT2D eigenvalue weighted by atomic mass is 32.2. The fourth-order valence-corrected chi connectivity index (χ4v) is 3.50. The van der Waals surface area contributed by atoms with Crippen LogP contribution >= 0.6 is 0 Å². The Morgan fingerprint density at radius 1 is 1.18 bits per heavy atom. The van der Waals surface area contributed by atoms with E-state index in [0.29, 0.717) is 11.3 Å². The van der Waals surface area contributed by atoms with Crippen LogP contribution in [0.2, 0.25) is 0 Å². The number of hydrogen-bond donors (Lipinski definition) is 1. The molecule has 1 aromatic carbocycles. The molecular formula is C20H20N4O3S. The van der Waals surface area contributed by atoms with E-state index in [-0.39, 0.29) is 11.7 Å². The van der Waals surface area contributed by atoms with Gasteiger partial charge in [-0.1, -0.05) is 12.1 Å². The van der Waals surface area contributed by atoms with E-state index >= 15 is 0 Å². The zero-order valence-corrected chi connectivity index (χ0v) is 16.3. The number of rotatable bonds is 6. The minimum absolute atomic E-state index is 0.0285. The third-order valence-corrected chi connectivity index (χ3v) is 4.79. The molecule has 0 unspecified atom stereocenters. The summed E-state index contributed by atoms with van der Waals surface area (Å²) >= 11 is 0. The van der Waals surface area contributed by atoms with E-state index in [1.54, 1.807) is 53.6 Å². The first-order valence-corrected chi connectivity index (χ1v) is 10.5. The smallest absolute Gasteiger partial charge is 0.248 e. The minimum Gasteiger partial charge on any atom is -0.323 e. The van der Waals surface area contributed by atoms with Crippen molar-refractivity contribution in [2.75, 3.05) is 11.6 Å². The van der Waals surface area contributed by atoms with Crippen LogP contribution in [0, 0.1) is 0 Å². The average molecular weight is 396 g/mol. The van der Waals surface area contributed by atoms with Gasteiger partial charge in [0.15, 0.2) is 9.84 Å². The van der Waals surface area contributed by atoms with Gasteiger partial charge in [-0.25, -0.2) is 8.42 Å². The van der Waals surface area contributed by atoms with Gasteiger partial charge in [0, 0.05) is 54.8 Å². The maximum absolute atomic E-state index is 12.2. The molecule has 0 radical (unpaired) electrons. The van der Waals surface area contributed by atoms with Gasteiger partial charge in [-0.15, -0.1) is 0 Å². The first-order valence-electron chi connectivity index (χ1n) is 8.49. The lowest BCUT2D eigenvalue weighted by Gasteiger charge is -2.05. The Labute approximate surface area is 163 Å². The van der Waals surface area contributed by atoms with Crippen LogP contribution in [-0.2, 0) is 27.4 Å². The van der Waals surface area contributed by atoms with Crippen molar-refractivity contribution in [2.24, 2.45) is 7.05 Å². The quantitative estimate of drug-likeness (QED) is 0.647. The summed E-state index contributed by atoms with van der Waals surface area (Å²) < 4.78 is 24.4. The molecule has 3 rings (SSSR count). The molecule has 8 heteroatoms. The molecule has 2 heterocycles. The van der Waals surface area contributed by atoms with E-state index in [1.165, 1.54) is 12.3 Å². The molecule has 1 N–H and O–H groups in total. The van der Waals surface area contributed by atoms with E-state index in [4.69, 9.17) is 0 Å². The first kappa shape index (κ1) is 19.5. The maximum Gasteiger partial charge on any atom is 0.248 e. The number of aryl methyl sites for hydroxylation is 1. The third kappa shape index (κ3) is 5.37. The SMILES string of the molecule is Cn1cc(-c2ccncc2/C=C/C(=O)Nc2ccc(CS(C)(=O)=O)cc2)cn1. The van der Waals surface area contributed by atoms with Gasteiger partial charge in [-0.05, 0) is 35.4 Å². The average Bonchev–Trinajstić information content (AvgIpc) is 3.07. The van der Waals surface area contributed by atoms with Crippen LogP contribution in [-0.4, -0.2) is 35.3 Å². The van der Waals surface area contributed by atoms with E-state index in [1.807, 2.05) is 19.3 Å². The second kappa shape index (κ2) is 8.18. The molecule has 0 fully saturated rings. The van der Waals surface area contributed by atoms with Crippen molar-refractivity contribution < 1.29 is 13.2 Å². The summed E-state index contributed by atoms with van der Waals surface area (Å²) in [6, 6.07) is 8.59. The number of anilines is 1. The molecule has 144 valence electrons. The monoisotopic (exact) mass is 396 g/mol. The second-order valence-corrected chi connectivity index (χ2v) is 8.60. The fourth-order valence-electron chi connectivity index (χ4n) is 2.70. The van der Waals surface area contributed by atoms with Crippen molar-refractivity contribution in [3.8, 4) is 11.1 Å². The van der Waals surface area contributed by atoms with Crippen LogP contribution in [0.1, 0.15) is 11.1 Å². The van der Waals surface area contributed by atoms with Crippen molar-refractivity contribution in [1.29, 1.82) is 0 Å². The maximum atomic E-state index is 12.2. The lowest BCUT2D eigenvalue weighted by Crippen LogP contribution is -2.08. The summed E-state index contributed by atoms with van der Waals surface area (Å²) in [5.74, 6) is -0.323. The Balaban J connectivity index is 1.69. The number of pyridine rings is 1. The summed E-state index contributed by atoms with van der Waals surface area (Å²) in [4.78, 5) is 16.3. The molecule has 3 aromatic rings. The molecule has 0 aliphatic rings. The minimum atomic E-state index is -3.09. The second-order valence-electron chi connectivity index (χ2n) is 6.46. The van der Waals surface area contributed by atoms with Gasteiger partial charge < -0.3 is 5.32 Å². The molecule has 2 aromatic heterocycles. The molecule has 0 aliphatic carbocycles. The standard InChI is InChI=1S/C20H20N4O3S/c1-24-13-17(12-22-24)19-9-10-21-11-16(19)5-8-20(25)23-18-6-3-15(4-7-18)14-28(2,26)27/h3-13H,14H2,1-2H3,(H,23,25)/b8-5+.